The molecule has 1 saturated carbocycles. The molecule has 0 spiro atoms. The van der Waals surface area contributed by atoms with Crippen LogP contribution in [0, 0.1) is 0 Å². The normalized spacial score (nSPS) is 29.8. The Morgan fingerprint density at radius 3 is 2.57 bits per heavy atom. The average Bonchev–Trinajstić information content (AvgIpc) is 3.51. The first-order chi connectivity index (χ1) is 17.0. The third-order valence-corrected chi connectivity index (χ3v) is 9.99. The Morgan fingerprint density at radius 1 is 1.11 bits per heavy atom. The molecule has 3 aliphatic heterocycles. The molecular weight excluding hydrogens is 466 g/mol. The summed E-state index contributed by atoms with van der Waals surface area (Å²) in [4.78, 5) is 12.7. The number of carbonyl (C=O) groups is 1. The maximum absolute atomic E-state index is 13.7. The largest absolute Gasteiger partial charge is 0.360 e. The Morgan fingerprint density at radius 2 is 1.86 bits per heavy atom. The Kier molecular flexibility index (Phi) is 6.16. The van der Waals surface area contributed by atoms with Crippen molar-refractivity contribution in [3.05, 3.63) is 53.4 Å². The number of hydrogen-bond donors (Lipinski definition) is 2. The third kappa shape index (κ3) is 4.76. The molecule has 4 heterocycles. The van der Waals surface area contributed by atoms with E-state index in [0.29, 0.717) is 44.1 Å². The lowest BCUT2D eigenvalue weighted by molar-refractivity contribution is 0.0897. The fraction of sp³-hybridized carbons (Fsp3) is 0.600. The number of hydrogen-bond acceptors (Lipinski definition) is 6. The molecule has 2 N–H and O–H groups in total. The molecule has 0 radical (unpaired) electrons. The molecule has 9 nitrogen and oxygen atoms in total. The van der Waals surface area contributed by atoms with E-state index in [1.165, 1.54) is 5.56 Å². The highest BCUT2D eigenvalue weighted by molar-refractivity contribution is 7.86. The van der Waals surface area contributed by atoms with Gasteiger partial charge in [-0.3, -0.25) is 4.79 Å². The van der Waals surface area contributed by atoms with Crippen LogP contribution in [0.3, 0.4) is 0 Å². The molecule has 35 heavy (non-hydrogen) atoms. The van der Waals surface area contributed by atoms with Crippen LogP contribution in [-0.4, -0.2) is 71.9 Å². The van der Waals surface area contributed by atoms with Crippen LogP contribution in [0.25, 0.3) is 0 Å². The Hall–Kier alpha value is -2.27. The number of piperazine rings is 1. The molecule has 2 aromatic rings. The SMILES string of the molecule is O=C(NC1C[C@H]2CC[C@@H](C1)N2S(=O)(=O)N1CCNC(Cc2ccccc2)C1)c1cc(C2CC2)on1. The van der Waals surface area contributed by atoms with Crippen LogP contribution in [0.5, 0.6) is 0 Å². The van der Waals surface area contributed by atoms with Gasteiger partial charge < -0.3 is 15.2 Å². The number of benzene rings is 1. The van der Waals surface area contributed by atoms with Gasteiger partial charge in [0.25, 0.3) is 16.1 Å². The van der Waals surface area contributed by atoms with Gasteiger partial charge in [0.1, 0.15) is 5.76 Å². The molecule has 188 valence electrons. The lowest BCUT2D eigenvalue weighted by Crippen LogP contribution is -2.60. The van der Waals surface area contributed by atoms with Gasteiger partial charge in [-0.2, -0.15) is 17.0 Å². The summed E-state index contributed by atoms with van der Waals surface area (Å²) in [6, 6.07) is 11.8. The van der Waals surface area contributed by atoms with E-state index in [1.54, 1.807) is 14.7 Å². The molecule has 1 aliphatic carbocycles. The van der Waals surface area contributed by atoms with Crippen LogP contribution < -0.4 is 10.6 Å². The lowest BCUT2D eigenvalue weighted by atomic mass is 9.99. The van der Waals surface area contributed by atoms with E-state index in [9.17, 15) is 13.2 Å². The fourth-order valence-electron chi connectivity index (χ4n) is 6.02. The number of nitrogens with one attached hydrogen (secondary N) is 2. The lowest BCUT2D eigenvalue weighted by Gasteiger charge is -2.42. The van der Waals surface area contributed by atoms with Crippen molar-refractivity contribution in [2.45, 2.75) is 75.0 Å². The molecule has 2 unspecified atom stereocenters. The van der Waals surface area contributed by atoms with Gasteiger partial charge in [-0.1, -0.05) is 35.5 Å². The minimum atomic E-state index is -3.56. The highest BCUT2D eigenvalue weighted by Gasteiger charge is 2.49. The molecule has 4 fully saturated rings. The van der Waals surface area contributed by atoms with Gasteiger partial charge in [0.2, 0.25) is 0 Å². The van der Waals surface area contributed by atoms with Crippen molar-refractivity contribution in [1.82, 2.24) is 24.4 Å². The smallest absolute Gasteiger partial charge is 0.282 e. The minimum Gasteiger partial charge on any atom is -0.360 e. The Bertz CT molecular complexity index is 1150. The first-order valence-electron chi connectivity index (χ1n) is 12.8. The highest BCUT2D eigenvalue weighted by atomic mass is 32.2. The van der Waals surface area contributed by atoms with Crippen LogP contribution in [0.15, 0.2) is 40.9 Å². The maximum atomic E-state index is 13.7. The van der Waals surface area contributed by atoms with Gasteiger partial charge in [0.05, 0.1) is 0 Å². The summed E-state index contributed by atoms with van der Waals surface area (Å²) in [6.45, 7) is 1.61. The molecule has 4 aliphatic rings. The number of piperidine rings is 1. The van der Waals surface area contributed by atoms with Crippen LogP contribution >= 0.6 is 0 Å². The van der Waals surface area contributed by atoms with Gasteiger partial charge in [0.15, 0.2) is 5.69 Å². The second-order valence-corrected chi connectivity index (χ2v) is 12.3. The molecule has 1 aromatic heterocycles. The zero-order valence-corrected chi connectivity index (χ0v) is 20.6. The van der Waals surface area contributed by atoms with Gasteiger partial charge >= 0.3 is 0 Å². The van der Waals surface area contributed by atoms with Crippen molar-refractivity contribution in [3.63, 3.8) is 0 Å². The molecule has 1 amide bonds. The van der Waals surface area contributed by atoms with Crippen molar-refractivity contribution in [1.29, 1.82) is 0 Å². The van der Waals surface area contributed by atoms with Crippen molar-refractivity contribution < 1.29 is 17.7 Å². The van der Waals surface area contributed by atoms with E-state index in [1.807, 2.05) is 18.2 Å². The quantitative estimate of drug-likeness (QED) is 0.604. The highest BCUT2D eigenvalue weighted by Crippen LogP contribution is 2.41. The summed E-state index contributed by atoms with van der Waals surface area (Å²) < 4.78 is 36.2. The van der Waals surface area contributed by atoms with Crippen molar-refractivity contribution in [2.24, 2.45) is 0 Å². The second kappa shape index (κ2) is 9.31. The Balaban J connectivity index is 1.09. The van der Waals surface area contributed by atoms with E-state index in [-0.39, 0.29) is 30.1 Å². The predicted octanol–water partition coefficient (Wildman–Crippen LogP) is 2.04. The first kappa shape index (κ1) is 23.1. The fourth-order valence-corrected chi connectivity index (χ4v) is 8.11. The number of carbonyl (C=O) groups excluding carboxylic acids is 1. The average molecular weight is 500 g/mol. The topological polar surface area (TPSA) is 108 Å². The van der Waals surface area contributed by atoms with Gasteiger partial charge in [-0.25, -0.2) is 0 Å². The van der Waals surface area contributed by atoms with Crippen molar-refractivity contribution >= 4 is 16.1 Å². The number of rotatable bonds is 7. The predicted molar refractivity (Wildman–Crippen MR) is 130 cm³/mol. The zero-order valence-electron chi connectivity index (χ0n) is 19.8. The van der Waals surface area contributed by atoms with Gasteiger partial charge in [-0.05, 0) is 50.5 Å². The minimum absolute atomic E-state index is 0.0543. The molecule has 4 atom stereocenters. The summed E-state index contributed by atoms with van der Waals surface area (Å²) in [5, 5.41) is 10.5. The number of aromatic nitrogens is 1. The van der Waals surface area contributed by atoms with Crippen molar-refractivity contribution in [2.75, 3.05) is 19.6 Å². The zero-order chi connectivity index (χ0) is 24.0. The summed E-state index contributed by atoms with van der Waals surface area (Å²) in [6.07, 6.45) is 5.93. The van der Waals surface area contributed by atoms with Crippen LogP contribution in [-0.2, 0) is 16.6 Å². The van der Waals surface area contributed by atoms with E-state index < -0.39 is 10.2 Å². The number of nitrogens with zero attached hydrogens (tertiary/aromatic N) is 3. The molecule has 1 aromatic carbocycles. The number of amides is 1. The van der Waals surface area contributed by atoms with E-state index in [2.05, 4.69) is 27.9 Å². The summed E-state index contributed by atoms with van der Waals surface area (Å²) in [5.41, 5.74) is 1.52. The standard InChI is InChI=1S/C25H33N5O4S/c31-25(23-15-24(34-28-23)18-6-7-18)27-19-13-21-8-9-22(14-19)30(21)35(32,33)29-11-10-26-20(16-29)12-17-4-2-1-3-5-17/h1-5,15,18-22,26H,6-14,16H2,(H,27,31)/t19?,20?,21-,22+. The summed E-state index contributed by atoms with van der Waals surface area (Å²) >= 11 is 0. The van der Waals surface area contributed by atoms with Crippen LogP contribution in [0.4, 0.5) is 0 Å². The molecule has 2 bridgehead atoms. The van der Waals surface area contributed by atoms with E-state index in [4.69, 9.17) is 4.52 Å². The van der Waals surface area contributed by atoms with Gasteiger partial charge in [0, 0.05) is 55.8 Å². The summed E-state index contributed by atoms with van der Waals surface area (Å²) in [7, 11) is -3.56. The Labute approximate surface area is 206 Å². The van der Waals surface area contributed by atoms with Crippen LogP contribution in [0.1, 0.15) is 66.3 Å². The third-order valence-electron chi connectivity index (χ3n) is 7.88. The van der Waals surface area contributed by atoms with Gasteiger partial charge in [-0.15, -0.1) is 0 Å². The van der Waals surface area contributed by atoms with Crippen LogP contribution in [0.2, 0.25) is 0 Å². The van der Waals surface area contributed by atoms with Crippen molar-refractivity contribution in [3.8, 4) is 0 Å². The molecule has 10 heteroatoms. The summed E-state index contributed by atoms with van der Waals surface area (Å²) in [5.74, 6) is 0.968. The number of fused-ring (bicyclic) bond motifs is 2. The first-order valence-corrected chi connectivity index (χ1v) is 14.2. The monoisotopic (exact) mass is 499 g/mol. The second-order valence-electron chi connectivity index (χ2n) is 10.5. The van der Waals surface area contributed by atoms with E-state index >= 15 is 0 Å². The molecule has 3 saturated heterocycles. The maximum Gasteiger partial charge on any atom is 0.282 e. The molecule has 6 rings (SSSR count). The molecular formula is C25H33N5O4S. The van der Waals surface area contributed by atoms with E-state index in [0.717, 1.165) is 37.9 Å².